The van der Waals surface area contributed by atoms with Crippen LogP contribution < -0.4 is 91.8 Å². The molecule has 222 valence electrons. The van der Waals surface area contributed by atoms with E-state index in [1.807, 2.05) is 0 Å². The van der Waals surface area contributed by atoms with Gasteiger partial charge in [-0.1, -0.05) is 33.9 Å². The third-order valence-corrected chi connectivity index (χ3v) is 4.17. The molecule has 0 amide bonds. The number of rotatable bonds is 10. The summed E-state index contributed by atoms with van der Waals surface area (Å²) in [5.41, 5.74) is 21.1. The predicted molar refractivity (Wildman–Crippen MR) is 157 cm³/mol. The monoisotopic (exact) mass is 606 g/mol. The van der Waals surface area contributed by atoms with Crippen molar-refractivity contribution in [1.82, 2.24) is 0 Å². The van der Waals surface area contributed by atoms with Crippen molar-refractivity contribution in [3.63, 3.8) is 0 Å². The number of nitrogens with two attached hydrogens (primary N) is 4. The Morgan fingerprint density at radius 1 is 0.579 bits per heavy atom. The molecular weight excluding hydrogens is 548 g/mol. The van der Waals surface area contributed by atoms with Crippen LogP contribution in [0.25, 0.3) is 0 Å². The third kappa shape index (κ3) is 120. The Balaban J connectivity index is -0.0000000386. The second kappa shape index (κ2) is 83.2. The first kappa shape index (κ1) is 62.6. The van der Waals surface area contributed by atoms with E-state index in [1.54, 1.807) is 0 Å². The fraction of sp³-hybridized carbons (Fsp3) is 0.667. The third-order valence-electron chi connectivity index (χ3n) is 3.29. The molecule has 0 aromatic carbocycles. The van der Waals surface area contributed by atoms with Crippen LogP contribution in [0.4, 0.5) is 0 Å². The standard InChI is InChI=1S/2C6H16N2.C4H9O3P.4C2H4.2Na.H3O3P/c2*7-5-3-1-2-4-6-8;5-8-6-3-1-2-4-7-8;4*1-2;;;1-4(2)3/h2*1-8H2;8H,1-4H2;4*1-2H2;;;4H,(H2,1,2,3)/q;;;;;;;2*+1;/p-2. The van der Waals surface area contributed by atoms with E-state index < -0.39 is 16.5 Å². The molecule has 1 aliphatic heterocycles. The molecule has 0 aliphatic carbocycles. The van der Waals surface area contributed by atoms with Crippen molar-refractivity contribution in [2.45, 2.75) is 64.2 Å². The summed E-state index contributed by atoms with van der Waals surface area (Å²) in [6, 6.07) is 0. The average molecular weight is 607 g/mol. The molecule has 10 nitrogen and oxygen atoms in total. The first-order valence-corrected chi connectivity index (χ1v) is 14.4. The van der Waals surface area contributed by atoms with Crippen molar-refractivity contribution >= 4 is 16.5 Å². The van der Waals surface area contributed by atoms with Gasteiger partial charge in [-0.3, -0.25) is 4.57 Å². The van der Waals surface area contributed by atoms with E-state index in [0.717, 1.165) is 64.7 Å². The van der Waals surface area contributed by atoms with Gasteiger partial charge in [-0.15, -0.1) is 52.6 Å². The van der Waals surface area contributed by atoms with E-state index in [4.69, 9.17) is 46.3 Å². The molecule has 1 fully saturated rings. The first-order valence-electron chi connectivity index (χ1n) is 11.9. The maximum atomic E-state index is 10.4. The molecule has 0 radical (unpaired) electrons. The molecule has 1 aliphatic rings. The van der Waals surface area contributed by atoms with Crippen molar-refractivity contribution in [1.29, 1.82) is 0 Å². The van der Waals surface area contributed by atoms with E-state index in [0.29, 0.717) is 13.2 Å². The molecule has 0 aromatic rings. The van der Waals surface area contributed by atoms with E-state index in [9.17, 15) is 4.57 Å². The molecular formula is C24H58N4Na2O6P2. The summed E-state index contributed by atoms with van der Waals surface area (Å²) in [5.74, 6) is 0. The van der Waals surface area contributed by atoms with Crippen LogP contribution in [-0.2, 0) is 18.2 Å². The molecule has 8 N–H and O–H groups in total. The fourth-order valence-electron chi connectivity index (χ4n) is 1.84. The topological polar surface area (TPSA) is 203 Å². The van der Waals surface area contributed by atoms with Crippen LogP contribution in [0.3, 0.4) is 0 Å². The van der Waals surface area contributed by atoms with Gasteiger partial charge in [0.05, 0.1) is 13.2 Å². The van der Waals surface area contributed by atoms with Gasteiger partial charge in [0.2, 0.25) is 0 Å². The summed E-state index contributed by atoms with van der Waals surface area (Å²) < 4.78 is 28.4. The SMILES string of the molecule is C=C.C=C.C=C.C=C.NCCCCCCN.NCCCCCCN.O=[PH]([O-])[O-].O=[PH]1OCCCCO1.[Na+].[Na+]. The van der Waals surface area contributed by atoms with E-state index in [2.05, 4.69) is 52.6 Å². The van der Waals surface area contributed by atoms with Gasteiger partial charge in [0.1, 0.15) is 0 Å². The molecule has 1 heterocycles. The smallest absolute Gasteiger partial charge is 0.813 e. The second-order valence-electron chi connectivity index (χ2n) is 5.89. The maximum Gasteiger partial charge on any atom is 1.00 e. The molecule has 1 saturated heterocycles. The van der Waals surface area contributed by atoms with Crippen molar-refractivity contribution in [2.24, 2.45) is 22.9 Å². The molecule has 38 heavy (non-hydrogen) atoms. The van der Waals surface area contributed by atoms with Gasteiger partial charge in [0, 0.05) is 0 Å². The van der Waals surface area contributed by atoms with Gasteiger partial charge in [-0.2, -0.15) is 0 Å². The first-order chi connectivity index (χ1) is 17.5. The minimum atomic E-state index is -3.63. The van der Waals surface area contributed by atoms with Crippen LogP contribution in [0.2, 0.25) is 0 Å². The number of hydrogen-bond donors (Lipinski definition) is 4. The summed E-state index contributed by atoms with van der Waals surface area (Å²) in [6.07, 6.45) is 11.5. The molecule has 0 atom stereocenters. The van der Waals surface area contributed by atoms with Gasteiger partial charge in [-0.25, -0.2) is 0 Å². The molecule has 1 rings (SSSR count). The minimum Gasteiger partial charge on any atom is -0.813 e. The predicted octanol–water partition coefficient (Wildman–Crippen LogP) is -2.56. The summed E-state index contributed by atoms with van der Waals surface area (Å²) in [7, 11) is -5.71. The number of hydrogen-bond acceptors (Lipinski definition) is 10. The van der Waals surface area contributed by atoms with Crippen LogP contribution in [0.15, 0.2) is 52.6 Å². The van der Waals surface area contributed by atoms with Crippen molar-refractivity contribution in [3.05, 3.63) is 52.6 Å². The largest absolute Gasteiger partial charge is 1.00 e. The Labute approximate surface area is 280 Å². The summed E-state index contributed by atoms with van der Waals surface area (Å²) in [5, 5.41) is 0. The van der Waals surface area contributed by atoms with Crippen molar-refractivity contribution < 1.29 is 87.1 Å². The molecule has 0 bridgehead atoms. The van der Waals surface area contributed by atoms with Crippen molar-refractivity contribution in [2.75, 3.05) is 39.4 Å². The van der Waals surface area contributed by atoms with Crippen LogP contribution in [0, 0.1) is 0 Å². The van der Waals surface area contributed by atoms with Crippen LogP contribution in [0.1, 0.15) is 64.2 Å². The maximum absolute atomic E-state index is 10.4. The zero-order valence-electron chi connectivity index (χ0n) is 24.7. The molecule has 0 spiro atoms. The van der Waals surface area contributed by atoms with Crippen molar-refractivity contribution in [3.8, 4) is 0 Å². The van der Waals surface area contributed by atoms with E-state index in [1.165, 1.54) is 25.7 Å². The Morgan fingerprint density at radius 2 is 0.763 bits per heavy atom. The van der Waals surface area contributed by atoms with Gasteiger partial charge >= 0.3 is 67.4 Å². The Bertz CT molecular complexity index is 354. The summed E-state index contributed by atoms with van der Waals surface area (Å²) >= 11 is 0. The van der Waals surface area contributed by atoms with Crippen LogP contribution in [-0.4, -0.2) is 39.4 Å². The number of unbranched alkanes of at least 4 members (excludes halogenated alkanes) is 6. The van der Waals surface area contributed by atoms with Gasteiger partial charge in [0.25, 0.3) is 0 Å². The van der Waals surface area contributed by atoms with Gasteiger partial charge in [0.15, 0.2) is 0 Å². The van der Waals surface area contributed by atoms with E-state index in [-0.39, 0.29) is 59.1 Å². The zero-order chi connectivity index (χ0) is 29.9. The van der Waals surface area contributed by atoms with Gasteiger partial charge in [-0.05, 0) is 64.7 Å². The fourth-order valence-corrected chi connectivity index (χ4v) is 2.55. The average Bonchev–Trinajstić information content (AvgIpc) is 3.17. The molecule has 14 heteroatoms. The van der Waals surface area contributed by atoms with Crippen LogP contribution >= 0.6 is 16.5 Å². The Morgan fingerprint density at radius 3 is 0.921 bits per heavy atom. The Hall–Kier alpha value is 1.10. The van der Waals surface area contributed by atoms with Gasteiger partial charge < -0.3 is 46.3 Å². The molecule has 0 aromatic heterocycles. The van der Waals surface area contributed by atoms with Crippen LogP contribution in [0.5, 0.6) is 0 Å². The minimum absolute atomic E-state index is 0. The second-order valence-corrected chi connectivity index (χ2v) is 7.46. The van der Waals surface area contributed by atoms with E-state index >= 15 is 0 Å². The molecule has 0 saturated carbocycles. The summed E-state index contributed by atoms with van der Waals surface area (Å²) in [4.78, 5) is 17.0. The summed E-state index contributed by atoms with van der Waals surface area (Å²) in [6.45, 7) is 28.5. The Kier molecular flexibility index (Phi) is 137. The quantitative estimate of drug-likeness (QED) is 0.0887. The molecule has 0 unspecified atom stereocenters. The normalized spacial score (nSPS) is 10.7. The zero-order valence-corrected chi connectivity index (χ0v) is 30.7.